The molecule has 0 atom stereocenters. The topological polar surface area (TPSA) is 59.8 Å². The Labute approximate surface area is 97.3 Å². The minimum atomic E-state index is -0.583. The van der Waals surface area contributed by atoms with E-state index in [1.54, 1.807) is 24.9 Å². The smallest absolute Gasteiger partial charge is 0.259 e. The molecule has 88 valence electrons. The lowest BCUT2D eigenvalue weighted by Crippen LogP contribution is -2.12. The first-order valence-corrected chi connectivity index (χ1v) is 4.99. The lowest BCUT2D eigenvalue weighted by Gasteiger charge is -2.02. The number of pyridine rings is 1. The number of halogens is 1. The van der Waals surface area contributed by atoms with E-state index in [9.17, 15) is 9.18 Å². The molecule has 0 spiro atoms. The van der Waals surface area contributed by atoms with E-state index in [0.717, 1.165) is 0 Å². The van der Waals surface area contributed by atoms with Crippen molar-refractivity contribution in [2.75, 3.05) is 5.32 Å². The number of hydrogen-bond acceptors (Lipinski definition) is 3. The average Bonchev–Trinajstić information content (AvgIpc) is 2.61. The summed E-state index contributed by atoms with van der Waals surface area (Å²) in [5.41, 5.74) is 1.57. The first kappa shape index (κ1) is 11.3. The van der Waals surface area contributed by atoms with Gasteiger partial charge in [-0.15, -0.1) is 0 Å². The summed E-state index contributed by atoms with van der Waals surface area (Å²) < 4.78 is 14.1. The monoisotopic (exact) mass is 234 g/mol. The lowest BCUT2D eigenvalue weighted by molar-refractivity contribution is 0.102. The zero-order valence-electron chi connectivity index (χ0n) is 9.44. The number of aromatic nitrogens is 3. The molecule has 1 N–H and O–H groups in total. The van der Waals surface area contributed by atoms with E-state index in [-0.39, 0.29) is 5.91 Å². The predicted octanol–water partition coefficient (Wildman–Crippen LogP) is 1.51. The molecule has 0 aliphatic rings. The summed E-state index contributed by atoms with van der Waals surface area (Å²) in [5.74, 6) is -0.871. The Hall–Kier alpha value is -2.24. The van der Waals surface area contributed by atoms with Crippen LogP contribution >= 0.6 is 0 Å². The van der Waals surface area contributed by atoms with Gasteiger partial charge in [0.2, 0.25) is 5.95 Å². The van der Waals surface area contributed by atoms with E-state index >= 15 is 0 Å². The number of carbonyl (C=O) groups is 1. The van der Waals surface area contributed by atoms with Gasteiger partial charge in [-0.05, 0) is 19.1 Å². The van der Waals surface area contributed by atoms with Gasteiger partial charge in [0.05, 0.1) is 23.1 Å². The van der Waals surface area contributed by atoms with Crippen molar-refractivity contribution in [3.8, 4) is 0 Å². The summed E-state index contributed by atoms with van der Waals surface area (Å²) in [6.45, 7) is 1.75. The molecule has 2 aromatic heterocycles. The number of carbonyl (C=O) groups excluding carboxylic acids is 1. The van der Waals surface area contributed by atoms with E-state index in [4.69, 9.17) is 0 Å². The van der Waals surface area contributed by atoms with E-state index in [0.29, 0.717) is 16.9 Å². The standard InChI is InChI=1S/C11H11FN4O/c1-7-9(6-16(2)15-7)11(17)14-8-3-4-10(12)13-5-8/h3-6H,1-2H3,(H,14,17). The van der Waals surface area contributed by atoms with E-state index in [1.807, 2.05) is 0 Å². The fourth-order valence-electron chi connectivity index (χ4n) is 1.47. The van der Waals surface area contributed by atoms with Crippen LogP contribution in [-0.4, -0.2) is 20.7 Å². The Balaban J connectivity index is 2.17. The first-order valence-electron chi connectivity index (χ1n) is 4.99. The molecule has 1 amide bonds. The first-order chi connectivity index (χ1) is 8.06. The molecule has 0 aromatic carbocycles. The van der Waals surface area contributed by atoms with Gasteiger partial charge in [0.15, 0.2) is 0 Å². The number of nitrogens with one attached hydrogen (secondary N) is 1. The summed E-state index contributed by atoms with van der Waals surface area (Å²) in [5, 5.41) is 6.69. The summed E-state index contributed by atoms with van der Waals surface area (Å²) in [7, 11) is 1.74. The molecule has 0 saturated heterocycles. The molecule has 0 fully saturated rings. The Morgan fingerprint density at radius 3 is 2.76 bits per heavy atom. The van der Waals surface area contributed by atoms with Gasteiger partial charge in [0.1, 0.15) is 0 Å². The molecule has 2 heterocycles. The number of hydrogen-bond donors (Lipinski definition) is 1. The summed E-state index contributed by atoms with van der Waals surface area (Å²) >= 11 is 0. The summed E-state index contributed by atoms with van der Waals surface area (Å²) in [6.07, 6.45) is 2.89. The van der Waals surface area contributed by atoms with Crippen molar-refractivity contribution in [3.63, 3.8) is 0 Å². The third-order valence-electron chi connectivity index (χ3n) is 2.24. The van der Waals surface area contributed by atoms with Gasteiger partial charge in [-0.2, -0.15) is 9.49 Å². The van der Waals surface area contributed by atoms with Gasteiger partial charge in [0.25, 0.3) is 5.91 Å². The number of nitrogens with zero attached hydrogens (tertiary/aromatic N) is 3. The maximum absolute atomic E-state index is 12.6. The maximum Gasteiger partial charge on any atom is 0.259 e. The van der Waals surface area contributed by atoms with Crippen LogP contribution in [-0.2, 0) is 7.05 Å². The molecule has 0 unspecified atom stereocenters. The van der Waals surface area contributed by atoms with Gasteiger partial charge >= 0.3 is 0 Å². The molecule has 17 heavy (non-hydrogen) atoms. The largest absolute Gasteiger partial charge is 0.320 e. The van der Waals surface area contributed by atoms with Crippen LogP contribution in [0.3, 0.4) is 0 Å². The molecule has 0 saturated carbocycles. The van der Waals surface area contributed by atoms with Crippen molar-refractivity contribution in [1.82, 2.24) is 14.8 Å². The van der Waals surface area contributed by atoms with Crippen molar-refractivity contribution >= 4 is 11.6 Å². The second-order valence-corrected chi connectivity index (χ2v) is 3.63. The number of amides is 1. The van der Waals surface area contributed by atoms with E-state index in [2.05, 4.69) is 15.4 Å². The Morgan fingerprint density at radius 2 is 2.24 bits per heavy atom. The molecular formula is C11H11FN4O. The van der Waals surface area contributed by atoms with Crippen LogP contribution in [0.2, 0.25) is 0 Å². The molecular weight excluding hydrogens is 223 g/mol. The molecule has 0 radical (unpaired) electrons. The molecule has 0 aliphatic carbocycles. The van der Waals surface area contributed by atoms with E-state index in [1.165, 1.54) is 18.3 Å². The Morgan fingerprint density at radius 1 is 1.47 bits per heavy atom. The third kappa shape index (κ3) is 2.47. The van der Waals surface area contributed by atoms with E-state index < -0.39 is 5.95 Å². The van der Waals surface area contributed by atoms with Crippen molar-refractivity contribution in [3.05, 3.63) is 41.7 Å². The normalized spacial score (nSPS) is 10.3. The zero-order valence-corrected chi connectivity index (χ0v) is 9.44. The van der Waals surface area contributed by atoms with Gasteiger partial charge in [-0.25, -0.2) is 4.98 Å². The highest BCUT2D eigenvalue weighted by Gasteiger charge is 2.12. The van der Waals surface area contributed by atoms with Crippen LogP contribution in [0.4, 0.5) is 10.1 Å². The highest BCUT2D eigenvalue weighted by molar-refractivity contribution is 6.04. The van der Waals surface area contributed by atoms with Gasteiger partial charge in [-0.1, -0.05) is 0 Å². The maximum atomic E-state index is 12.6. The van der Waals surface area contributed by atoms with Crippen molar-refractivity contribution in [2.45, 2.75) is 6.92 Å². The zero-order chi connectivity index (χ0) is 12.4. The molecule has 0 bridgehead atoms. The second kappa shape index (κ2) is 4.32. The fraction of sp³-hybridized carbons (Fsp3) is 0.182. The van der Waals surface area contributed by atoms with Gasteiger partial charge in [-0.3, -0.25) is 9.48 Å². The Kier molecular flexibility index (Phi) is 2.86. The van der Waals surface area contributed by atoms with Crippen LogP contribution in [0.5, 0.6) is 0 Å². The average molecular weight is 234 g/mol. The summed E-state index contributed by atoms with van der Waals surface area (Å²) in [6, 6.07) is 2.64. The molecule has 2 aromatic rings. The SMILES string of the molecule is Cc1nn(C)cc1C(=O)Nc1ccc(F)nc1. The number of anilines is 1. The highest BCUT2D eigenvalue weighted by Crippen LogP contribution is 2.10. The fourth-order valence-corrected chi connectivity index (χ4v) is 1.47. The molecule has 6 heteroatoms. The number of rotatable bonds is 2. The third-order valence-corrected chi connectivity index (χ3v) is 2.24. The minimum Gasteiger partial charge on any atom is -0.320 e. The predicted molar refractivity (Wildman–Crippen MR) is 60.1 cm³/mol. The van der Waals surface area contributed by atoms with Crippen molar-refractivity contribution in [1.29, 1.82) is 0 Å². The van der Waals surface area contributed by atoms with Gasteiger partial charge < -0.3 is 5.32 Å². The lowest BCUT2D eigenvalue weighted by atomic mass is 10.2. The van der Waals surface area contributed by atoms with Crippen LogP contribution in [0.25, 0.3) is 0 Å². The van der Waals surface area contributed by atoms with Gasteiger partial charge in [0, 0.05) is 13.2 Å². The van der Waals surface area contributed by atoms with Crippen molar-refractivity contribution < 1.29 is 9.18 Å². The van der Waals surface area contributed by atoms with Crippen molar-refractivity contribution in [2.24, 2.45) is 7.05 Å². The molecule has 2 rings (SSSR count). The quantitative estimate of drug-likeness (QED) is 0.801. The van der Waals surface area contributed by atoms with Crippen LogP contribution < -0.4 is 5.32 Å². The second-order valence-electron chi connectivity index (χ2n) is 3.63. The summed E-state index contributed by atoms with van der Waals surface area (Å²) in [4.78, 5) is 15.3. The van der Waals surface area contributed by atoms with Crippen LogP contribution in [0.15, 0.2) is 24.5 Å². The minimum absolute atomic E-state index is 0.288. The highest BCUT2D eigenvalue weighted by atomic mass is 19.1. The van der Waals surface area contributed by atoms with Crippen LogP contribution in [0.1, 0.15) is 16.1 Å². The Bertz CT molecular complexity index is 547. The molecule has 0 aliphatic heterocycles. The van der Waals surface area contributed by atoms with Crippen LogP contribution in [0, 0.1) is 12.9 Å². The number of aryl methyl sites for hydroxylation is 2. The molecule has 5 nitrogen and oxygen atoms in total.